The molecule has 2 unspecified atom stereocenters. The predicted molar refractivity (Wildman–Crippen MR) is 77.8 cm³/mol. The van der Waals surface area contributed by atoms with Crippen LogP contribution in [0.4, 0.5) is 0 Å². The average Bonchev–Trinajstić information content (AvgIpc) is 2.47. The van der Waals surface area contributed by atoms with E-state index in [-0.39, 0.29) is 0 Å². The first-order chi connectivity index (χ1) is 9.20. The number of nitriles is 1. The summed E-state index contributed by atoms with van der Waals surface area (Å²) in [5.74, 6) is 0. The van der Waals surface area contributed by atoms with Gasteiger partial charge >= 0.3 is 0 Å². The highest BCUT2D eigenvalue weighted by Gasteiger charge is 2.18. The van der Waals surface area contributed by atoms with Gasteiger partial charge in [0.05, 0.1) is 11.6 Å². The van der Waals surface area contributed by atoms with E-state index in [0.717, 1.165) is 18.7 Å². The van der Waals surface area contributed by atoms with Gasteiger partial charge < -0.3 is 5.32 Å². The largest absolute Gasteiger partial charge is 0.313 e. The molecule has 2 rings (SSSR count). The van der Waals surface area contributed by atoms with Gasteiger partial charge in [-0.3, -0.25) is 4.90 Å². The summed E-state index contributed by atoms with van der Waals surface area (Å²) in [7, 11) is 2.18. The van der Waals surface area contributed by atoms with Gasteiger partial charge in [-0.15, -0.1) is 0 Å². The minimum absolute atomic E-state index is 0.386. The number of piperidine rings is 1. The smallest absolute Gasteiger partial charge is 0.0991 e. The highest BCUT2D eigenvalue weighted by molar-refractivity contribution is 5.32. The van der Waals surface area contributed by atoms with Crippen LogP contribution in [0.5, 0.6) is 0 Å². The Morgan fingerprint density at radius 3 is 2.68 bits per heavy atom. The van der Waals surface area contributed by atoms with E-state index >= 15 is 0 Å². The van der Waals surface area contributed by atoms with E-state index in [9.17, 15) is 0 Å². The number of rotatable bonds is 4. The summed E-state index contributed by atoms with van der Waals surface area (Å²) in [5, 5.41) is 12.4. The Bertz CT molecular complexity index is 426. The number of nitrogens with zero attached hydrogens (tertiary/aromatic N) is 2. The van der Waals surface area contributed by atoms with E-state index in [1.54, 1.807) is 0 Å². The first kappa shape index (κ1) is 14.0. The zero-order valence-electron chi connectivity index (χ0n) is 11.9. The van der Waals surface area contributed by atoms with Crippen molar-refractivity contribution in [2.75, 3.05) is 20.1 Å². The molecule has 1 saturated heterocycles. The van der Waals surface area contributed by atoms with Gasteiger partial charge in [-0.25, -0.2) is 0 Å². The lowest BCUT2D eigenvalue weighted by atomic mass is 10.0. The summed E-state index contributed by atoms with van der Waals surface area (Å²) >= 11 is 0. The Hall–Kier alpha value is -1.37. The summed E-state index contributed by atoms with van der Waals surface area (Å²) < 4.78 is 0. The van der Waals surface area contributed by atoms with Crippen LogP contribution in [0.25, 0.3) is 0 Å². The van der Waals surface area contributed by atoms with Crippen LogP contribution in [-0.2, 0) is 0 Å². The van der Waals surface area contributed by atoms with Gasteiger partial charge in [0, 0.05) is 18.6 Å². The molecule has 102 valence electrons. The average molecular weight is 257 g/mol. The number of hydrogen-bond acceptors (Lipinski definition) is 3. The molecule has 3 heteroatoms. The summed E-state index contributed by atoms with van der Waals surface area (Å²) in [6.07, 6.45) is 3.94. The molecule has 0 bridgehead atoms. The molecule has 1 N–H and O–H groups in total. The van der Waals surface area contributed by atoms with E-state index in [2.05, 4.69) is 42.4 Å². The van der Waals surface area contributed by atoms with Gasteiger partial charge in [-0.05, 0) is 51.1 Å². The summed E-state index contributed by atoms with van der Waals surface area (Å²) in [6.45, 7) is 4.47. The maximum Gasteiger partial charge on any atom is 0.0991 e. The second kappa shape index (κ2) is 6.70. The number of hydrogen-bond donors (Lipinski definition) is 1. The quantitative estimate of drug-likeness (QED) is 0.901. The minimum atomic E-state index is 0.386. The number of benzene rings is 1. The predicted octanol–water partition coefficient (Wildman–Crippen LogP) is 2.69. The van der Waals surface area contributed by atoms with Crippen LogP contribution >= 0.6 is 0 Å². The van der Waals surface area contributed by atoms with Gasteiger partial charge in [0.25, 0.3) is 0 Å². The topological polar surface area (TPSA) is 39.1 Å². The van der Waals surface area contributed by atoms with Crippen LogP contribution in [0, 0.1) is 11.3 Å². The molecule has 0 aromatic heterocycles. The molecule has 1 heterocycles. The van der Waals surface area contributed by atoms with Crippen LogP contribution in [0.3, 0.4) is 0 Å². The minimum Gasteiger partial charge on any atom is -0.313 e. The molecule has 0 saturated carbocycles. The molecule has 0 aliphatic carbocycles. The van der Waals surface area contributed by atoms with Crippen LogP contribution in [0.2, 0.25) is 0 Å². The third-order valence-corrected chi connectivity index (χ3v) is 4.10. The van der Waals surface area contributed by atoms with Gasteiger partial charge in [0.15, 0.2) is 0 Å². The Balaban J connectivity index is 1.93. The lowest BCUT2D eigenvalue weighted by Crippen LogP contribution is -2.43. The first-order valence-corrected chi connectivity index (χ1v) is 7.14. The molecule has 1 fully saturated rings. The van der Waals surface area contributed by atoms with Gasteiger partial charge in [0.1, 0.15) is 0 Å². The fourth-order valence-electron chi connectivity index (χ4n) is 2.68. The fraction of sp³-hybridized carbons (Fsp3) is 0.562. The lowest BCUT2D eigenvalue weighted by Gasteiger charge is -2.32. The van der Waals surface area contributed by atoms with Gasteiger partial charge in [-0.2, -0.15) is 5.26 Å². The van der Waals surface area contributed by atoms with E-state index in [1.807, 2.05) is 12.1 Å². The molecule has 19 heavy (non-hydrogen) atoms. The Morgan fingerprint density at radius 1 is 1.37 bits per heavy atom. The Labute approximate surface area is 116 Å². The summed E-state index contributed by atoms with van der Waals surface area (Å²) in [4.78, 5) is 2.39. The number of nitrogens with one attached hydrogen (secondary N) is 1. The third kappa shape index (κ3) is 3.79. The molecule has 1 aromatic carbocycles. The molecule has 1 aromatic rings. The Kier molecular flexibility index (Phi) is 4.95. The molecular formula is C16H23N3. The van der Waals surface area contributed by atoms with Crippen molar-refractivity contribution >= 4 is 0 Å². The van der Waals surface area contributed by atoms with Crippen molar-refractivity contribution in [3.05, 3.63) is 35.4 Å². The molecule has 0 spiro atoms. The van der Waals surface area contributed by atoms with E-state index in [4.69, 9.17) is 5.26 Å². The maximum atomic E-state index is 8.82. The van der Waals surface area contributed by atoms with Crippen molar-refractivity contribution in [3.63, 3.8) is 0 Å². The van der Waals surface area contributed by atoms with Gasteiger partial charge in [0.2, 0.25) is 0 Å². The van der Waals surface area contributed by atoms with E-state index in [1.165, 1.54) is 24.8 Å². The molecule has 1 aliphatic heterocycles. The standard InChI is InChI=1S/C16H23N3/c1-13(15-8-6-14(11-17)7-9-15)19(2)12-16-5-3-4-10-18-16/h6-9,13,16,18H,3-5,10,12H2,1-2H3. The van der Waals surface area contributed by atoms with Gasteiger partial charge in [-0.1, -0.05) is 18.6 Å². The molecule has 1 aliphatic rings. The van der Waals surface area contributed by atoms with Crippen molar-refractivity contribution in [2.45, 2.75) is 38.3 Å². The van der Waals surface area contributed by atoms with Crippen molar-refractivity contribution < 1.29 is 0 Å². The zero-order valence-corrected chi connectivity index (χ0v) is 11.9. The molecular weight excluding hydrogens is 234 g/mol. The van der Waals surface area contributed by atoms with Crippen LogP contribution in [0.1, 0.15) is 43.4 Å². The normalized spacial score (nSPS) is 21.1. The maximum absolute atomic E-state index is 8.82. The zero-order chi connectivity index (χ0) is 13.7. The first-order valence-electron chi connectivity index (χ1n) is 7.14. The molecule has 3 nitrogen and oxygen atoms in total. The summed E-state index contributed by atoms with van der Waals surface area (Å²) in [6, 6.07) is 11.1. The third-order valence-electron chi connectivity index (χ3n) is 4.10. The van der Waals surface area contributed by atoms with Crippen molar-refractivity contribution in [2.24, 2.45) is 0 Å². The van der Waals surface area contributed by atoms with Crippen molar-refractivity contribution in [1.82, 2.24) is 10.2 Å². The molecule has 0 amide bonds. The fourth-order valence-corrected chi connectivity index (χ4v) is 2.68. The number of likely N-dealkylation sites (N-methyl/N-ethyl adjacent to an activating group) is 1. The second-order valence-corrected chi connectivity index (χ2v) is 5.50. The molecule has 0 radical (unpaired) electrons. The SMILES string of the molecule is CC(c1ccc(C#N)cc1)N(C)CC1CCCCN1. The monoisotopic (exact) mass is 257 g/mol. The van der Waals surface area contributed by atoms with Crippen molar-refractivity contribution in [3.8, 4) is 6.07 Å². The second-order valence-electron chi connectivity index (χ2n) is 5.50. The Morgan fingerprint density at radius 2 is 2.11 bits per heavy atom. The lowest BCUT2D eigenvalue weighted by molar-refractivity contribution is 0.214. The highest BCUT2D eigenvalue weighted by atomic mass is 15.1. The van der Waals surface area contributed by atoms with Crippen LogP contribution < -0.4 is 5.32 Å². The summed E-state index contributed by atoms with van der Waals surface area (Å²) in [5.41, 5.74) is 2.00. The van der Waals surface area contributed by atoms with Crippen molar-refractivity contribution in [1.29, 1.82) is 5.26 Å². The van der Waals surface area contributed by atoms with Crippen LogP contribution in [-0.4, -0.2) is 31.1 Å². The highest BCUT2D eigenvalue weighted by Crippen LogP contribution is 2.20. The molecule has 2 atom stereocenters. The van der Waals surface area contributed by atoms with Crippen LogP contribution in [0.15, 0.2) is 24.3 Å². The van der Waals surface area contributed by atoms with E-state index < -0.39 is 0 Å². The van der Waals surface area contributed by atoms with E-state index in [0.29, 0.717) is 12.1 Å².